The van der Waals surface area contributed by atoms with Crippen LogP contribution in [0.4, 0.5) is 11.4 Å². The van der Waals surface area contributed by atoms with Gasteiger partial charge in [-0.25, -0.2) is 0 Å². The lowest BCUT2D eigenvalue weighted by Gasteiger charge is -2.21. The minimum atomic E-state index is -0.519. The van der Waals surface area contributed by atoms with Crippen molar-refractivity contribution >= 4 is 17.3 Å². The summed E-state index contributed by atoms with van der Waals surface area (Å²) in [6.45, 7) is 0.740. The summed E-state index contributed by atoms with van der Waals surface area (Å²) < 4.78 is 0. The van der Waals surface area contributed by atoms with Crippen molar-refractivity contribution in [3.63, 3.8) is 0 Å². The average Bonchev–Trinajstić information content (AvgIpc) is 2.83. The second-order valence-electron chi connectivity index (χ2n) is 5.05. The number of hydrogen-bond acceptors (Lipinski definition) is 5. The van der Waals surface area contributed by atoms with E-state index >= 15 is 0 Å². The van der Waals surface area contributed by atoms with Crippen LogP contribution >= 0.6 is 0 Å². The molecule has 1 saturated heterocycles. The van der Waals surface area contributed by atoms with Crippen molar-refractivity contribution in [3.8, 4) is 0 Å². The summed E-state index contributed by atoms with van der Waals surface area (Å²) in [5.41, 5.74) is 0.805. The van der Waals surface area contributed by atoms with E-state index in [-0.39, 0.29) is 18.1 Å². The van der Waals surface area contributed by atoms with Crippen LogP contribution in [0.2, 0.25) is 0 Å². The number of nitrogens with zero attached hydrogens (tertiary/aromatic N) is 3. The Morgan fingerprint density at radius 2 is 2.20 bits per heavy atom. The number of non-ortho nitro benzene ring substituents is 1. The second kappa shape index (κ2) is 5.46. The number of aliphatic hydroxyl groups excluding tert-OH is 1. The van der Waals surface area contributed by atoms with Crippen molar-refractivity contribution in [2.75, 3.05) is 32.1 Å². The van der Waals surface area contributed by atoms with Crippen molar-refractivity contribution in [2.24, 2.45) is 0 Å². The number of anilines is 1. The SMILES string of the molecule is CN(C)c1ccc([N+](=O)[O-])cc1C(=O)N1CC[C@@H](O)C1. The summed E-state index contributed by atoms with van der Waals surface area (Å²) in [4.78, 5) is 26.1. The molecule has 7 nitrogen and oxygen atoms in total. The third kappa shape index (κ3) is 2.72. The molecule has 20 heavy (non-hydrogen) atoms. The molecule has 1 aromatic carbocycles. The number of rotatable bonds is 3. The molecule has 0 radical (unpaired) electrons. The number of nitro benzene ring substituents is 1. The van der Waals surface area contributed by atoms with Gasteiger partial charge in [0.25, 0.3) is 11.6 Å². The Bertz CT molecular complexity index is 544. The normalized spacial score (nSPS) is 18.1. The van der Waals surface area contributed by atoms with Gasteiger partial charge < -0.3 is 14.9 Å². The minimum absolute atomic E-state index is 0.112. The van der Waals surface area contributed by atoms with Gasteiger partial charge in [-0.1, -0.05) is 0 Å². The third-order valence-electron chi connectivity index (χ3n) is 3.35. The van der Waals surface area contributed by atoms with Gasteiger partial charge in [-0.2, -0.15) is 0 Å². The number of aliphatic hydroxyl groups is 1. The van der Waals surface area contributed by atoms with E-state index in [0.717, 1.165) is 0 Å². The van der Waals surface area contributed by atoms with E-state index in [1.807, 2.05) is 0 Å². The highest BCUT2D eigenvalue weighted by molar-refractivity contribution is 6.00. The fourth-order valence-corrected chi connectivity index (χ4v) is 2.30. The van der Waals surface area contributed by atoms with Crippen molar-refractivity contribution in [1.82, 2.24) is 4.90 Å². The van der Waals surface area contributed by atoms with Gasteiger partial charge in [0, 0.05) is 45.0 Å². The Balaban J connectivity index is 2.39. The summed E-state index contributed by atoms with van der Waals surface area (Å²) in [5.74, 6) is -0.283. The maximum Gasteiger partial charge on any atom is 0.270 e. The van der Waals surface area contributed by atoms with Gasteiger partial charge in [0.05, 0.1) is 16.6 Å². The van der Waals surface area contributed by atoms with Crippen LogP contribution in [0.1, 0.15) is 16.8 Å². The monoisotopic (exact) mass is 279 g/mol. The molecule has 108 valence electrons. The van der Waals surface area contributed by atoms with E-state index < -0.39 is 11.0 Å². The van der Waals surface area contributed by atoms with Crippen molar-refractivity contribution in [3.05, 3.63) is 33.9 Å². The van der Waals surface area contributed by atoms with Crippen LogP contribution in [0.3, 0.4) is 0 Å². The number of nitro groups is 1. The summed E-state index contributed by atoms with van der Waals surface area (Å²) in [6.07, 6.45) is 0.0262. The van der Waals surface area contributed by atoms with Gasteiger partial charge in [0.15, 0.2) is 0 Å². The highest BCUT2D eigenvalue weighted by Crippen LogP contribution is 2.26. The Hall–Kier alpha value is -2.15. The molecule has 0 bridgehead atoms. The number of carbonyl (C=O) groups excluding carboxylic acids is 1. The average molecular weight is 279 g/mol. The van der Waals surface area contributed by atoms with E-state index in [2.05, 4.69) is 0 Å². The van der Waals surface area contributed by atoms with Gasteiger partial charge in [0.1, 0.15) is 0 Å². The fourth-order valence-electron chi connectivity index (χ4n) is 2.30. The van der Waals surface area contributed by atoms with E-state index in [0.29, 0.717) is 24.2 Å². The smallest absolute Gasteiger partial charge is 0.270 e. The maximum absolute atomic E-state index is 12.5. The van der Waals surface area contributed by atoms with Gasteiger partial charge in [0.2, 0.25) is 0 Å². The molecular weight excluding hydrogens is 262 g/mol. The first-order chi connectivity index (χ1) is 9.40. The summed E-state index contributed by atoms with van der Waals surface area (Å²) in [7, 11) is 3.55. The number of likely N-dealkylation sites (tertiary alicyclic amines) is 1. The molecule has 0 unspecified atom stereocenters. The van der Waals surface area contributed by atoms with Crippen LogP contribution in [0.15, 0.2) is 18.2 Å². The van der Waals surface area contributed by atoms with Crippen LogP contribution in [-0.2, 0) is 0 Å². The first-order valence-corrected chi connectivity index (χ1v) is 6.33. The first kappa shape index (κ1) is 14.3. The molecule has 1 aliphatic rings. The first-order valence-electron chi connectivity index (χ1n) is 6.33. The van der Waals surface area contributed by atoms with E-state index in [9.17, 15) is 20.0 Å². The molecule has 1 N–H and O–H groups in total. The number of amides is 1. The van der Waals surface area contributed by atoms with Gasteiger partial charge in [-0.15, -0.1) is 0 Å². The number of carbonyl (C=O) groups is 1. The molecule has 1 aliphatic heterocycles. The van der Waals surface area contributed by atoms with Crippen LogP contribution < -0.4 is 4.90 Å². The molecule has 7 heteroatoms. The van der Waals surface area contributed by atoms with Crippen molar-refractivity contribution in [1.29, 1.82) is 0 Å². The zero-order valence-corrected chi connectivity index (χ0v) is 11.4. The molecule has 2 rings (SSSR count). The summed E-state index contributed by atoms with van der Waals surface area (Å²) in [5, 5.41) is 20.4. The Labute approximate surface area is 116 Å². The lowest BCUT2D eigenvalue weighted by Crippen LogP contribution is -2.31. The lowest BCUT2D eigenvalue weighted by molar-refractivity contribution is -0.384. The summed E-state index contributed by atoms with van der Waals surface area (Å²) in [6, 6.07) is 4.24. The third-order valence-corrected chi connectivity index (χ3v) is 3.35. The van der Waals surface area contributed by atoms with Gasteiger partial charge in [-0.05, 0) is 12.5 Å². The molecule has 0 saturated carbocycles. The highest BCUT2D eigenvalue weighted by Gasteiger charge is 2.28. The van der Waals surface area contributed by atoms with Crippen molar-refractivity contribution < 1.29 is 14.8 Å². The quantitative estimate of drug-likeness (QED) is 0.655. The van der Waals surface area contributed by atoms with Crippen LogP contribution in [0, 0.1) is 10.1 Å². The maximum atomic E-state index is 12.5. The lowest BCUT2D eigenvalue weighted by atomic mass is 10.1. The molecule has 1 aromatic rings. The molecule has 0 aliphatic carbocycles. The van der Waals surface area contributed by atoms with E-state index in [1.54, 1.807) is 25.1 Å². The zero-order chi connectivity index (χ0) is 14.9. The second-order valence-corrected chi connectivity index (χ2v) is 5.05. The Morgan fingerprint density at radius 3 is 2.70 bits per heavy atom. The molecular formula is C13H17N3O4. The topological polar surface area (TPSA) is 86.9 Å². The Kier molecular flexibility index (Phi) is 3.89. The predicted octanol–water partition coefficient (Wildman–Crippen LogP) is 0.868. The standard InChI is InChI=1S/C13H17N3O4/c1-14(2)12-4-3-9(16(19)20)7-11(12)13(18)15-6-5-10(17)8-15/h3-4,7,10,17H,5-6,8H2,1-2H3/t10-/m1/s1. The largest absolute Gasteiger partial charge is 0.391 e. The van der Waals surface area contributed by atoms with E-state index in [4.69, 9.17) is 0 Å². The highest BCUT2D eigenvalue weighted by atomic mass is 16.6. The predicted molar refractivity (Wildman–Crippen MR) is 74.0 cm³/mol. The van der Waals surface area contributed by atoms with Crippen molar-refractivity contribution in [2.45, 2.75) is 12.5 Å². The molecule has 1 amide bonds. The van der Waals surface area contributed by atoms with E-state index in [1.165, 1.54) is 17.0 Å². The zero-order valence-electron chi connectivity index (χ0n) is 11.4. The van der Waals surface area contributed by atoms with Gasteiger partial charge >= 0.3 is 0 Å². The molecule has 0 aromatic heterocycles. The molecule has 0 spiro atoms. The Morgan fingerprint density at radius 1 is 1.50 bits per heavy atom. The van der Waals surface area contributed by atoms with Crippen LogP contribution in [0.25, 0.3) is 0 Å². The molecule has 1 fully saturated rings. The fraction of sp³-hybridized carbons (Fsp3) is 0.462. The van der Waals surface area contributed by atoms with Gasteiger partial charge in [-0.3, -0.25) is 14.9 Å². The summed E-state index contributed by atoms with van der Waals surface area (Å²) >= 11 is 0. The van der Waals surface area contributed by atoms with Crippen LogP contribution in [0.5, 0.6) is 0 Å². The van der Waals surface area contributed by atoms with Crippen LogP contribution in [-0.4, -0.2) is 54.1 Å². The number of benzene rings is 1. The molecule has 1 heterocycles. The number of hydrogen-bond donors (Lipinski definition) is 1. The minimum Gasteiger partial charge on any atom is -0.391 e. The molecule has 1 atom stereocenters. The number of β-amino-alcohol motifs (C(OH)–C–C–N with tert-alkyl or cyclic N) is 1.